The number of carbonyl (C=O) groups is 1. The molecule has 4 heteroatoms. The van der Waals surface area contributed by atoms with Crippen LogP contribution in [0.4, 0.5) is 0 Å². The van der Waals surface area contributed by atoms with Crippen LogP contribution in [-0.2, 0) is 4.79 Å². The van der Waals surface area contributed by atoms with E-state index < -0.39 is 5.91 Å². The number of hydrogen-bond donors (Lipinski definition) is 2. The molecule has 1 amide bonds. The summed E-state index contributed by atoms with van der Waals surface area (Å²) >= 11 is 4.65. The molecule has 0 aliphatic rings. The van der Waals surface area contributed by atoms with E-state index in [1.807, 2.05) is 30.3 Å². The molecular weight excluding hydrogens is 196 g/mol. The second-order valence-corrected chi connectivity index (χ2v) is 2.82. The van der Waals surface area contributed by atoms with E-state index in [0.717, 1.165) is 5.56 Å². The minimum Gasteiger partial charge on any atom is -0.366 e. The van der Waals surface area contributed by atoms with Crippen molar-refractivity contribution in [2.75, 3.05) is 0 Å². The smallest absolute Gasteiger partial charge is 0.243 e. The molecule has 0 bridgehead atoms. The Balaban J connectivity index is 3.00. The Morgan fingerprint density at radius 2 is 2.00 bits per heavy atom. The maximum Gasteiger partial charge on any atom is 0.243 e. The van der Waals surface area contributed by atoms with Crippen molar-refractivity contribution in [3.05, 3.63) is 42.0 Å². The first-order chi connectivity index (χ1) is 6.74. The summed E-state index contributed by atoms with van der Waals surface area (Å²) in [6.45, 7) is 0. The zero-order chi connectivity index (χ0) is 10.4. The number of thiocarbonyl (C=S) groups is 1. The van der Waals surface area contributed by atoms with Crippen molar-refractivity contribution in [1.82, 2.24) is 5.32 Å². The molecule has 3 N–H and O–H groups in total. The normalized spacial score (nSPS) is 10.7. The average Bonchev–Trinajstić information content (AvgIpc) is 2.18. The van der Waals surface area contributed by atoms with Gasteiger partial charge < -0.3 is 11.1 Å². The molecule has 3 nitrogen and oxygen atoms in total. The van der Waals surface area contributed by atoms with Crippen molar-refractivity contribution >= 4 is 29.3 Å². The molecule has 0 unspecified atom stereocenters. The van der Waals surface area contributed by atoms with Gasteiger partial charge in [-0.25, -0.2) is 0 Å². The van der Waals surface area contributed by atoms with Gasteiger partial charge in [0.05, 0.1) is 11.2 Å². The van der Waals surface area contributed by atoms with E-state index in [1.54, 1.807) is 0 Å². The second-order valence-electron chi connectivity index (χ2n) is 2.59. The summed E-state index contributed by atoms with van der Waals surface area (Å²) in [4.78, 5) is 10.7. The quantitative estimate of drug-likeness (QED) is 0.572. The first-order valence-corrected chi connectivity index (χ1v) is 4.48. The monoisotopic (exact) mass is 206 g/mol. The third-order valence-corrected chi connectivity index (χ3v) is 1.70. The fourth-order valence-electron chi connectivity index (χ4n) is 1.03. The van der Waals surface area contributed by atoms with Crippen molar-refractivity contribution < 1.29 is 4.79 Å². The number of amides is 1. The van der Waals surface area contributed by atoms with Crippen LogP contribution in [0.2, 0.25) is 0 Å². The molecule has 0 fully saturated rings. The van der Waals surface area contributed by atoms with E-state index in [1.165, 1.54) is 11.6 Å². The summed E-state index contributed by atoms with van der Waals surface area (Å²) in [6, 6.07) is 9.36. The highest BCUT2D eigenvalue weighted by Gasteiger charge is 1.99. The number of primary amides is 1. The maximum atomic E-state index is 10.7. The van der Waals surface area contributed by atoms with Crippen LogP contribution in [-0.4, -0.2) is 11.4 Å². The Morgan fingerprint density at radius 1 is 1.36 bits per heavy atom. The van der Waals surface area contributed by atoms with Gasteiger partial charge >= 0.3 is 0 Å². The number of benzene rings is 1. The first kappa shape index (κ1) is 10.4. The molecule has 0 saturated carbocycles. The van der Waals surface area contributed by atoms with Gasteiger partial charge in [0.25, 0.3) is 0 Å². The predicted molar refractivity (Wildman–Crippen MR) is 60.4 cm³/mol. The first-order valence-electron chi connectivity index (χ1n) is 4.01. The molecule has 72 valence electrons. The molecule has 0 radical (unpaired) electrons. The lowest BCUT2D eigenvalue weighted by atomic mass is 10.1. The maximum absolute atomic E-state index is 10.7. The summed E-state index contributed by atoms with van der Waals surface area (Å²) in [5.74, 6) is -0.506. The van der Waals surface area contributed by atoms with Gasteiger partial charge in [0, 0.05) is 6.08 Å². The van der Waals surface area contributed by atoms with Crippen LogP contribution < -0.4 is 11.1 Å². The SMILES string of the molecule is NC(=O)/C=C(\NC=S)c1ccccc1. The van der Waals surface area contributed by atoms with E-state index in [0.29, 0.717) is 5.70 Å². The van der Waals surface area contributed by atoms with E-state index in [4.69, 9.17) is 5.73 Å². The number of nitrogens with two attached hydrogens (primary N) is 1. The van der Waals surface area contributed by atoms with Gasteiger partial charge in [-0.2, -0.15) is 0 Å². The summed E-state index contributed by atoms with van der Waals surface area (Å²) in [5, 5.41) is 2.78. The molecule has 14 heavy (non-hydrogen) atoms. The number of carbonyl (C=O) groups excluding carboxylic acids is 1. The van der Waals surface area contributed by atoms with Crippen LogP contribution in [0.1, 0.15) is 5.56 Å². The van der Waals surface area contributed by atoms with Crippen molar-refractivity contribution in [3.8, 4) is 0 Å². The molecule has 0 aromatic heterocycles. The Kier molecular flexibility index (Phi) is 3.82. The summed E-state index contributed by atoms with van der Waals surface area (Å²) in [5.41, 5.74) is 7.87. The average molecular weight is 206 g/mol. The zero-order valence-corrected chi connectivity index (χ0v) is 8.25. The topological polar surface area (TPSA) is 55.1 Å². The fraction of sp³-hybridized carbons (Fsp3) is 0. The van der Waals surface area contributed by atoms with Crippen molar-refractivity contribution in [3.63, 3.8) is 0 Å². The minimum atomic E-state index is -0.506. The molecule has 1 aromatic rings. The van der Waals surface area contributed by atoms with E-state index >= 15 is 0 Å². The Hall–Kier alpha value is -1.68. The third-order valence-electron chi connectivity index (χ3n) is 1.59. The van der Waals surface area contributed by atoms with E-state index in [2.05, 4.69) is 17.5 Å². The molecule has 1 aromatic carbocycles. The summed E-state index contributed by atoms with van der Waals surface area (Å²) in [7, 11) is 0. The zero-order valence-electron chi connectivity index (χ0n) is 7.44. The largest absolute Gasteiger partial charge is 0.366 e. The Morgan fingerprint density at radius 3 is 2.50 bits per heavy atom. The van der Waals surface area contributed by atoms with Gasteiger partial charge in [-0.3, -0.25) is 4.79 Å². The highest BCUT2D eigenvalue weighted by molar-refractivity contribution is 7.78. The van der Waals surface area contributed by atoms with E-state index in [9.17, 15) is 4.79 Å². The van der Waals surface area contributed by atoms with Crippen molar-refractivity contribution in [2.24, 2.45) is 5.73 Å². The van der Waals surface area contributed by atoms with Crippen LogP contribution >= 0.6 is 12.2 Å². The lowest BCUT2D eigenvalue weighted by Gasteiger charge is -2.05. The second kappa shape index (κ2) is 5.14. The highest BCUT2D eigenvalue weighted by atomic mass is 32.1. The number of hydrogen-bond acceptors (Lipinski definition) is 2. The van der Waals surface area contributed by atoms with Gasteiger partial charge in [-0.05, 0) is 5.56 Å². The van der Waals surface area contributed by atoms with Crippen molar-refractivity contribution in [1.29, 1.82) is 0 Å². The predicted octanol–water partition coefficient (Wildman–Crippen LogP) is 1.06. The van der Waals surface area contributed by atoms with Crippen LogP contribution in [0.5, 0.6) is 0 Å². The lowest BCUT2D eigenvalue weighted by Crippen LogP contribution is -2.14. The lowest BCUT2D eigenvalue weighted by molar-refractivity contribution is -0.113. The summed E-state index contributed by atoms with van der Waals surface area (Å²) < 4.78 is 0. The van der Waals surface area contributed by atoms with Crippen LogP contribution in [0.3, 0.4) is 0 Å². The Bertz CT molecular complexity index is 360. The molecule has 0 heterocycles. The van der Waals surface area contributed by atoms with Crippen LogP contribution in [0, 0.1) is 0 Å². The Labute approximate surface area is 87.6 Å². The van der Waals surface area contributed by atoms with Gasteiger partial charge in [-0.1, -0.05) is 42.5 Å². The number of nitrogens with one attached hydrogen (secondary N) is 1. The van der Waals surface area contributed by atoms with Crippen molar-refractivity contribution in [2.45, 2.75) is 0 Å². The third kappa shape index (κ3) is 2.99. The molecule has 0 saturated heterocycles. The molecule has 0 aliphatic heterocycles. The fourth-order valence-corrected chi connectivity index (χ4v) is 1.16. The van der Waals surface area contributed by atoms with Gasteiger partial charge in [0.2, 0.25) is 5.91 Å². The van der Waals surface area contributed by atoms with Crippen LogP contribution in [0.25, 0.3) is 5.70 Å². The van der Waals surface area contributed by atoms with Gasteiger partial charge in [0.15, 0.2) is 0 Å². The molecule has 0 atom stereocenters. The number of rotatable bonds is 4. The minimum absolute atomic E-state index is 0.506. The summed E-state index contributed by atoms with van der Waals surface area (Å²) in [6.07, 6.45) is 1.30. The van der Waals surface area contributed by atoms with Crippen LogP contribution in [0.15, 0.2) is 36.4 Å². The van der Waals surface area contributed by atoms with E-state index in [-0.39, 0.29) is 0 Å². The van der Waals surface area contributed by atoms with Gasteiger partial charge in [0.1, 0.15) is 0 Å². The highest BCUT2D eigenvalue weighted by Crippen LogP contribution is 2.09. The molecule has 0 spiro atoms. The molecule has 1 rings (SSSR count). The van der Waals surface area contributed by atoms with Gasteiger partial charge in [-0.15, -0.1) is 0 Å². The molecular formula is C10H10N2OS. The standard InChI is InChI=1S/C10H10N2OS/c11-10(13)6-9(12-7-14)8-4-2-1-3-5-8/h1-7H,(H2,11,13)(H,12,14)/b9-6-. The molecule has 0 aliphatic carbocycles.